The maximum Gasteiger partial charge on any atom is 0.233 e. The molecule has 1 fully saturated rings. The second-order valence-corrected chi connectivity index (χ2v) is 7.94. The molecule has 0 unspecified atom stereocenters. The molecule has 0 radical (unpaired) electrons. The highest BCUT2D eigenvalue weighted by atomic mass is 32.2. The number of rotatable bonds is 7. The Morgan fingerprint density at radius 2 is 1.96 bits per heavy atom. The number of amides is 1. The number of aliphatic hydroxyl groups is 1. The van der Waals surface area contributed by atoms with Crippen molar-refractivity contribution in [3.63, 3.8) is 0 Å². The summed E-state index contributed by atoms with van der Waals surface area (Å²) < 4.78 is 12.9. The van der Waals surface area contributed by atoms with Gasteiger partial charge in [0.25, 0.3) is 0 Å². The van der Waals surface area contributed by atoms with Crippen LogP contribution in [0.15, 0.2) is 35.6 Å². The molecule has 7 nitrogen and oxygen atoms in total. The Labute approximate surface area is 169 Å². The minimum absolute atomic E-state index is 0.0516. The standard InChI is InChI=1S/C20H27N3O4S/c1-14-8-22(9-15(2)27-14)19(25)13-28-20-21-17(12-24)11-23(20)10-16-4-6-18(26-3)7-5-16/h4-7,11,14-15,24H,8-10,12-13H2,1-3H3/t14-,15+. The molecule has 1 saturated heterocycles. The second-order valence-electron chi connectivity index (χ2n) is 6.99. The smallest absolute Gasteiger partial charge is 0.233 e. The lowest BCUT2D eigenvalue weighted by atomic mass is 10.2. The molecule has 1 aromatic carbocycles. The summed E-state index contributed by atoms with van der Waals surface area (Å²) in [4.78, 5) is 18.9. The van der Waals surface area contributed by atoms with Gasteiger partial charge in [-0.3, -0.25) is 4.79 Å². The molecule has 28 heavy (non-hydrogen) atoms. The number of nitrogens with zero attached hydrogens (tertiary/aromatic N) is 3. The number of hydrogen-bond acceptors (Lipinski definition) is 6. The Hall–Kier alpha value is -2.03. The number of ether oxygens (including phenoxy) is 2. The molecule has 2 aromatic rings. The van der Waals surface area contributed by atoms with Crippen LogP contribution >= 0.6 is 11.8 Å². The summed E-state index contributed by atoms with van der Waals surface area (Å²) in [7, 11) is 1.64. The molecule has 152 valence electrons. The fourth-order valence-electron chi connectivity index (χ4n) is 3.28. The van der Waals surface area contributed by atoms with Crippen LogP contribution in [0.2, 0.25) is 0 Å². The average Bonchev–Trinajstić information content (AvgIpc) is 3.07. The molecule has 0 bridgehead atoms. The van der Waals surface area contributed by atoms with Crippen LogP contribution in [0.25, 0.3) is 0 Å². The van der Waals surface area contributed by atoms with Gasteiger partial charge < -0.3 is 24.0 Å². The third-order valence-electron chi connectivity index (χ3n) is 4.56. The van der Waals surface area contributed by atoms with Crippen molar-refractivity contribution < 1.29 is 19.4 Å². The van der Waals surface area contributed by atoms with Crippen LogP contribution in [-0.4, -0.2) is 63.6 Å². The molecule has 1 aliphatic heterocycles. The molecule has 2 heterocycles. The molecule has 1 aliphatic rings. The number of carbonyl (C=O) groups excluding carboxylic acids is 1. The molecule has 0 aliphatic carbocycles. The maximum absolute atomic E-state index is 12.6. The Kier molecular flexibility index (Phi) is 6.98. The summed E-state index contributed by atoms with van der Waals surface area (Å²) in [6, 6.07) is 7.81. The van der Waals surface area contributed by atoms with Crippen LogP contribution in [-0.2, 0) is 22.7 Å². The van der Waals surface area contributed by atoms with Crippen molar-refractivity contribution in [1.29, 1.82) is 0 Å². The van der Waals surface area contributed by atoms with E-state index < -0.39 is 0 Å². The Morgan fingerprint density at radius 1 is 1.29 bits per heavy atom. The van der Waals surface area contributed by atoms with E-state index in [2.05, 4.69) is 4.98 Å². The molecule has 2 atom stereocenters. The third-order valence-corrected chi connectivity index (χ3v) is 5.54. The lowest BCUT2D eigenvalue weighted by Gasteiger charge is -2.35. The third kappa shape index (κ3) is 5.27. The summed E-state index contributed by atoms with van der Waals surface area (Å²) in [5, 5.41) is 10.2. The number of thioether (sulfide) groups is 1. The van der Waals surface area contributed by atoms with Gasteiger partial charge in [0.1, 0.15) is 5.75 Å². The van der Waals surface area contributed by atoms with Gasteiger partial charge in [-0.05, 0) is 31.5 Å². The number of morpholine rings is 1. The van der Waals surface area contributed by atoms with Crippen molar-refractivity contribution in [2.45, 2.75) is 44.4 Å². The van der Waals surface area contributed by atoms with E-state index in [0.717, 1.165) is 16.5 Å². The molecule has 3 rings (SSSR count). The minimum atomic E-state index is -0.129. The molecule has 8 heteroatoms. The first kappa shape index (κ1) is 20.7. The van der Waals surface area contributed by atoms with E-state index in [1.165, 1.54) is 11.8 Å². The van der Waals surface area contributed by atoms with Crippen molar-refractivity contribution in [3.05, 3.63) is 41.7 Å². The highest BCUT2D eigenvalue weighted by Crippen LogP contribution is 2.22. The summed E-state index contributed by atoms with van der Waals surface area (Å²) in [5.74, 6) is 1.19. The Bertz CT molecular complexity index is 783. The van der Waals surface area contributed by atoms with Crippen LogP contribution in [0, 0.1) is 0 Å². The zero-order chi connectivity index (χ0) is 20.1. The Balaban J connectivity index is 1.65. The van der Waals surface area contributed by atoms with E-state index >= 15 is 0 Å². The number of hydrogen-bond donors (Lipinski definition) is 1. The van der Waals surface area contributed by atoms with Crippen LogP contribution < -0.4 is 4.74 Å². The molecule has 1 aromatic heterocycles. The first-order valence-electron chi connectivity index (χ1n) is 9.34. The second kappa shape index (κ2) is 9.45. The van der Waals surface area contributed by atoms with E-state index in [0.29, 0.717) is 31.1 Å². The fraction of sp³-hybridized carbons (Fsp3) is 0.500. The molecule has 0 saturated carbocycles. The van der Waals surface area contributed by atoms with Crippen molar-refractivity contribution >= 4 is 17.7 Å². The van der Waals surface area contributed by atoms with Gasteiger partial charge in [0.2, 0.25) is 5.91 Å². The van der Waals surface area contributed by atoms with E-state index in [1.807, 2.05) is 53.8 Å². The van der Waals surface area contributed by atoms with Gasteiger partial charge in [0.05, 0.1) is 37.4 Å². The van der Waals surface area contributed by atoms with Crippen molar-refractivity contribution in [2.75, 3.05) is 26.0 Å². The van der Waals surface area contributed by atoms with Crippen LogP contribution in [0.1, 0.15) is 25.1 Å². The first-order valence-corrected chi connectivity index (χ1v) is 10.3. The normalized spacial score (nSPS) is 19.6. The molecular formula is C20H27N3O4S. The molecule has 0 spiro atoms. The zero-order valence-electron chi connectivity index (χ0n) is 16.5. The number of methoxy groups -OCH3 is 1. The van der Waals surface area contributed by atoms with Gasteiger partial charge in [-0.25, -0.2) is 4.98 Å². The lowest BCUT2D eigenvalue weighted by molar-refractivity contribution is -0.140. The SMILES string of the molecule is COc1ccc(Cn2cc(CO)nc2SCC(=O)N2C[C@@H](C)O[C@@H](C)C2)cc1. The van der Waals surface area contributed by atoms with Gasteiger partial charge >= 0.3 is 0 Å². The van der Waals surface area contributed by atoms with Gasteiger partial charge in [-0.1, -0.05) is 23.9 Å². The average molecular weight is 406 g/mol. The number of imidazole rings is 1. The number of aliphatic hydroxyl groups excluding tert-OH is 1. The predicted molar refractivity (Wildman–Crippen MR) is 108 cm³/mol. The number of carbonyl (C=O) groups is 1. The largest absolute Gasteiger partial charge is 0.497 e. The quantitative estimate of drug-likeness (QED) is 0.712. The first-order chi connectivity index (χ1) is 13.5. The minimum Gasteiger partial charge on any atom is -0.497 e. The summed E-state index contributed by atoms with van der Waals surface area (Å²) >= 11 is 1.40. The number of benzene rings is 1. The number of aromatic nitrogens is 2. The summed E-state index contributed by atoms with van der Waals surface area (Å²) in [6.45, 7) is 5.68. The fourth-order valence-corrected chi connectivity index (χ4v) is 4.18. The van der Waals surface area contributed by atoms with Crippen molar-refractivity contribution in [2.24, 2.45) is 0 Å². The van der Waals surface area contributed by atoms with Gasteiger partial charge in [0, 0.05) is 25.8 Å². The maximum atomic E-state index is 12.6. The topological polar surface area (TPSA) is 76.8 Å². The highest BCUT2D eigenvalue weighted by Gasteiger charge is 2.26. The molecular weight excluding hydrogens is 378 g/mol. The van der Waals surface area contributed by atoms with Crippen molar-refractivity contribution in [1.82, 2.24) is 14.5 Å². The molecule has 1 N–H and O–H groups in total. The zero-order valence-corrected chi connectivity index (χ0v) is 17.3. The summed E-state index contributed by atoms with van der Waals surface area (Å²) in [6.07, 6.45) is 1.93. The van der Waals surface area contributed by atoms with Crippen LogP contribution in [0.3, 0.4) is 0 Å². The van der Waals surface area contributed by atoms with Gasteiger partial charge in [0.15, 0.2) is 5.16 Å². The van der Waals surface area contributed by atoms with E-state index in [1.54, 1.807) is 7.11 Å². The van der Waals surface area contributed by atoms with E-state index in [9.17, 15) is 9.90 Å². The van der Waals surface area contributed by atoms with E-state index in [-0.39, 0.29) is 24.7 Å². The molecule has 1 amide bonds. The van der Waals surface area contributed by atoms with Gasteiger partial charge in [-0.2, -0.15) is 0 Å². The van der Waals surface area contributed by atoms with Crippen LogP contribution in [0.5, 0.6) is 5.75 Å². The summed E-state index contributed by atoms with van der Waals surface area (Å²) in [5.41, 5.74) is 1.68. The van der Waals surface area contributed by atoms with Crippen molar-refractivity contribution in [3.8, 4) is 5.75 Å². The van der Waals surface area contributed by atoms with E-state index in [4.69, 9.17) is 9.47 Å². The Morgan fingerprint density at radius 3 is 2.57 bits per heavy atom. The highest BCUT2D eigenvalue weighted by molar-refractivity contribution is 7.99. The monoisotopic (exact) mass is 405 g/mol. The predicted octanol–water partition coefficient (Wildman–Crippen LogP) is 2.16. The van der Waals surface area contributed by atoms with Gasteiger partial charge in [-0.15, -0.1) is 0 Å². The van der Waals surface area contributed by atoms with Crippen LogP contribution in [0.4, 0.5) is 0 Å². The lowest BCUT2D eigenvalue weighted by Crippen LogP contribution is -2.48.